The van der Waals surface area contributed by atoms with Gasteiger partial charge < -0.3 is 19.4 Å². The van der Waals surface area contributed by atoms with Crippen molar-refractivity contribution in [3.8, 4) is 17.1 Å². The van der Waals surface area contributed by atoms with Gasteiger partial charge in [0.05, 0.1) is 23.7 Å². The Labute approximate surface area is 214 Å². The first-order valence-electron chi connectivity index (χ1n) is 12.2. The van der Waals surface area contributed by atoms with E-state index in [-0.39, 0.29) is 35.4 Å². The number of H-pyrrole nitrogens is 1. The quantitative estimate of drug-likeness (QED) is 0.371. The molecule has 2 aromatic heterocycles. The molecule has 0 unspecified atom stereocenters. The highest BCUT2D eigenvalue weighted by Crippen LogP contribution is 2.33. The summed E-state index contributed by atoms with van der Waals surface area (Å²) in [7, 11) is -0.785. The second-order valence-electron chi connectivity index (χ2n) is 8.93. The number of nitrogens with one attached hydrogen (secondary N) is 2. The Balaban J connectivity index is 1.62. The predicted octanol–water partition coefficient (Wildman–Crippen LogP) is 1.90. The normalized spacial score (nSPS) is 14.2. The summed E-state index contributed by atoms with van der Waals surface area (Å²) in [4.78, 5) is 28.2. The minimum atomic E-state index is -3.91. The topological polar surface area (TPSA) is 161 Å². The molecule has 2 heterocycles. The van der Waals surface area contributed by atoms with Gasteiger partial charge in [0.1, 0.15) is 5.75 Å². The molecule has 2 N–H and O–H groups in total. The van der Waals surface area contributed by atoms with Crippen molar-refractivity contribution in [3.05, 3.63) is 34.4 Å². The van der Waals surface area contributed by atoms with Crippen molar-refractivity contribution in [2.24, 2.45) is 0 Å². The summed E-state index contributed by atoms with van der Waals surface area (Å²) in [5.41, 5.74) is -0.0819. The minimum Gasteiger partial charge on any atom is -0.493 e. The number of benzene rings is 1. The first-order valence-corrected chi connectivity index (χ1v) is 13.7. The van der Waals surface area contributed by atoms with Crippen LogP contribution < -0.4 is 15.0 Å². The number of hydrogen-bond donors (Lipinski definition) is 2. The fourth-order valence-electron chi connectivity index (χ4n) is 4.17. The first kappa shape index (κ1) is 26.5. The van der Waals surface area contributed by atoms with E-state index in [1.165, 1.54) is 27.6 Å². The Morgan fingerprint density at radius 2 is 2.00 bits per heavy atom. The molecule has 37 heavy (non-hydrogen) atoms. The van der Waals surface area contributed by atoms with Crippen molar-refractivity contribution in [2.45, 2.75) is 49.8 Å². The number of sulfonamides is 1. The Bertz CT molecular complexity index is 1430. The Hall–Kier alpha value is -3.52. The summed E-state index contributed by atoms with van der Waals surface area (Å²) >= 11 is 0. The first-order chi connectivity index (χ1) is 17.7. The Morgan fingerprint density at radius 1 is 1.24 bits per heavy atom. The molecule has 200 valence electrons. The molecule has 13 nitrogen and oxygen atoms in total. The molecule has 1 saturated carbocycles. The van der Waals surface area contributed by atoms with Crippen molar-refractivity contribution < 1.29 is 22.7 Å². The van der Waals surface area contributed by atoms with Crippen LogP contribution in [-0.2, 0) is 14.8 Å². The van der Waals surface area contributed by atoms with E-state index in [1.807, 2.05) is 0 Å². The molecule has 1 fully saturated rings. The molecule has 0 bridgehead atoms. The Kier molecular flexibility index (Phi) is 8.07. The molecule has 1 amide bonds. The molecule has 1 aromatic carbocycles. The maximum absolute atomic E-state index is 13.0. The molecule has 0 spiro atoms. The van der Waals surface area contributed by atoms with E-state index >= 15 is 0 Å². The van der Waals surface area contributed by atoms with Crippen LogP contribution in [0.2, 0.25) is 0 Å². The van der Waals surface area contributed by atoms with Gasteiger partial charge in [-0.25, -0.2) is 17.9 Å². The van der Waals surface area contributed by atoms with Crippen LogP contribution in [0.4, 0.5) is 4.79 Å². The summed E-state index contributed by atoms with van der Waals surface area (Å²) in [6.07, 6.45) is 3.85. The zero-order valence-corrected chi connectivity index (χ0v) is 21.9. The molecule has 3 aromatic rings. The summed E-state index contributed by atoms with van der Waals surface area (Å²) in [5.74, 6) is 1.30. The van der Waals surface area contributed by atoms with E-state index in [0.29, 0.717) is 30.2 Å². The summed E-state index contributed by atoms with van der Waals surface area (Å²) in [5, 5.41) is 12.8. The number of fused-ring (bicyclic) bond motifs is 1. The molecular weight excluding hydrogens is 502 g/mol. The smallest absolute Gasteiger partial charge is 0.409 e. The van der Waals surface area contributed by atoms with E-state index in [0.717, 1.165) is 25.7 Å². The van der Waals surface area contributed by atoms with Gasteiger partial charge in [-0.2, -0.15) is 4.52 Å². The van der Waals surface area contributed by atoms with Gasteiger partial charge in [0.15, 0.2) is 11.6 Å². The highest BCUT2D eigenvalue weighted by molar-refractivity contribution is 7.89. The van der Waals surface area contributed by atoms with Gasteiger partial charge in [-0.3, -0.25) is 4.79 Å². The number of carbonyl (C=O) groups is 1. The second-order valence-corrected chi connectivity index (χ2v) is 10.7. The molecule has 1 aliphatic carbocycles. The number of ether oxygens (including phenoxy) is 2. The number of aromatic nitrogens is 5. The van der Waals surface area contributed by atoms with Crippen LogP contribution in [0.1, 0.15) is 50.8 Å². The molecule has 4 rings (SSSR count). The molecule has 14 heteroatoms. The van der Waals surface area contributed by atoms with Gasteiger partial charge in [0.2, 0.25) is 15.7 Å². The van der Waals surface area contributed by atoms with E-state index in [1.54, 1.807) is 21.0 Å². The van der Waals surface area contributed by atoms with Crippen LogP contribution in [0.25, 0.3) is 17.0 Å². The van der Waals surface area contributed by atoms with Crippen molar-refractivity contribution >= 4 is 21.8 Å². The van der Waals surface area contributed by atoms with Crippen molar-refractivity contribution in [1.82, 2.24) is 34.4 Å². The standard InChI is InChI=1S/C23H31N7O6S/c1-4-35-18-11-10-16(37(33,34)24-12-7-13-36-23(32)29(2)3)14-17(18)19-25-22(31)21-27-26-20(30(21)28-19)15-8-5-6-9-15/h10-11,14-15,24H,4-9,12-13H2,1-3H3,(H,25,28,31). The lowest BCUT2D eigenvalue weighted by molar-refractivity contribution is 0.117. The highest BCUT2D eigenvalue weighted by Gasteiger charge is 2.25. The third-order valence-electron chi connectivity index (χ3n) is 6.04. The number of aromatic amines is 1. The van der Waals surface area contributed by atoms with Gasteiger partial charge in [0, 0.05) is 26.6 Å². The summed E-state index contributed by atoms with van der Waals surface area (Å²) in [6.45, 7) is 2.27. The van der Waals surface area contributed by atoms with Gasteiger partial charge in [-0.05, 0) is 44.4 Å². The van der Waals surface area contributed by atoms with E-state index in [9.17, 15) is 18.0 Å². The van der Waals surface area contributed by atoms with E-state index in [2.05, 4.69) is 25.0 Å². The van der Waals surface area contributed by atoms with Crippen molar-refractivity contribution in [1.29, 1.82) is 0 Å². The zero-order valence-electron chi connectivity index (χ0n) is 21.1. The number of hydrogen-bond acceptors (Lipinski definition) is 9. The minimum absolute atomic E-state index is 0.0289. The monoisotopic (exact) mass is 533 g/mol. The van der Waals surface area contributed by atoms with Gasteiger partial charge in [0.25, 0.3) is 5.56 Å². The van der Waals surface area contributed by atoms with Crippen LogP contribution in [0.3, 0.4) is 0 Å². The average molecular weight is 534 g/mol. The number of carbonyl (C=O) groups excluding carboxylic acids is 1. The van der Waals surface area contributed by atoms with E-state index < -0.39 is 21.7 Å². The second kappa shape index (κ2) is 11.3. The van der Waals surface area contributed by atoms with Gasteiger partial charge in [-0.1, -0.05) is 12.8 Å². The molecular formula is C23H31N7O6S. The van der Waals surface area contributed by atoms with Crippen LogP contribution >= 0.6 is 0 Å². The third-order valence-corrected chi connectivity index (χ3v) is 7.50. The average Bonchev–Trinajstić information content (AvgIpc) is 3.54. The maximum atomic E-state index is 13.0. The predicted molar refractivity (Wildman–Crippen MR) is 134 cm³/mol. The lowest BCUT2D eigenvalue weighted by atomic mass is 10.1. The van der Waals surface area contributed by atoms with Crippen LogP contribution in [0.15, 0.2) is 27.9 Å². The van der Waals surface area contributed by atoms with Gasteiger partial charge in [-0.15, -0.1) is 15.3 Å². The molecule has 0 aliphatic heterocycles. The lowest BCUT2D eigenvalue weighted by Gasteiger charge is -2.14. The Morgan fingerprint density at radius 3 is 2.70 bits per heavy atom. The number of amides is 1. The van der Waals surface area contributed by atoms with Crippen LogP contribution in [0, 0.1) is 0 Å². The fraction of sp³-hybridized carbons (Fsp3) is 0.522. The van der Waals surface area contributed by atoms with Crippen molar-refractivity contribution in [3.63, 3.8) is 0 Å². The zero-order chi connectivity index (χ0) is 26.6. The van der Waals surface area contributed by atoms with Crippen LogP contribution in [-0.4, -0.2) is 78.1 Å². The molecule has 0 atom stereocenters. The maximum Gasteiger partial charge on any atom is 0.409 e. The lowest BCUT2D eigenvalue weighted by Crippen LogP contribution is -2.27. The highest BCUT2D eigenvalue weighted by atomic mass is 32.2. The number of rotatable bonds is 10. The SMILES string of the molecule is CCOc1ccc(S(=O)(=O)NCCCOC(=O)N(C)C)cc1-c1nn2c(C3CCCC3)nnc2c(=O)[nH]1. The molecule has 0 saturated heterocycles. The molecule has 0 radical (unpaired) electrons. The fourth-order valence-corrected chi connectivity index (χ4v) is 5.27. The largest absolute Gasteiger partial charge is 0.493 e. The van der Waals surface area contributed by atoms with Crippen LogP contribution in [0.5, 0.6) is 5.75 Å². The van der Waals surface area contributed by atoms with Gasteiger partial charge >= 0.3 is 6.09 Å². The van der Waals surface area contributed by atoms with E-state index in [4.69, 9.17) is 9.47 Å². The summed E-state index contributed by atoms with van der Waals surface area (Å²) in [6, 6.07) is 4.35. The molecule has 1 aliphatic rings. The summed E-state index contributed by atoms with van der Waals surface area (Å²) < 4.78 is 40.6. The van der Waals surface area contributed by atoms with Crippen molar-refractivity contribution in [2.75, 3.05) is 33.9 Å². The third kappa shape index (κ3) is 5.91. The number of nitrogens with zero attached hydrogens (tertiary/aromatic N) is 5.